The van der Waals surface area contributed by atoms with Crippen molar-refractivity contribution in [1.82, 2.24) is 14.2 Å². The van der Waals surface area contributed by atoms with Crippen LogP contribution in [0.1, 0.15) is 13.3 Å². The predicted octanol–water partition coefficient (Wildman–Crippen LogP) is 0.271. The van der Waals surface area contributed by atoms with E-state index in [-0.39, 0.29) is 23.1 Å². The van der Waals surface area contributed by atoms with E-state index in [1.54, 1.807) is 7.05 Å². The van der Waals surface area contributed by atoms with Crippen LogP contribution in [-0.2, 0) is 21.8 Å². The van der Waals surface area contributed by atoms with Gasteiger partial charge in [-0.2, -0.15) is 0 Å². The summed E-state index contributed by atoms with van der Waals surface area (Å²) in [6.45, 7) is 4.18. The van der Waals surface area contributed by atoms with Crippen molar-refractivity contribution in [2.75, 3.05) is 19.7 Å². The van der Waals surface area contributed by atoms with Gasteiger partial charge in [0.15, 0.2) is 5.58 Å². The number of rotatable bonds is 3. The van der Waals surface area contributed by atoms with Crippen LogP contribution in [-0.4, -0.2) is 55.8 Å². The number of ether oxygens (including phenoxy) is 1. The van der Waals surface area contributed by atoms with E-state index < -0.39 is 15.8 Å². The van der Waals surface area contributed by atoms with Crippen LogP contribution in [0.3, 0.4) is 0 Å². The monoisotopic (exact) mass is 367 g/mol. The van der Waals surface area contributed by atoms with Gasteiger partial charge in [0.25, 0.3) is 0 Å². The number of oxazole rings is 1. The molecule has 1 N–H and O–H groups in total. The number of aryl methyl sites for hydroxylation is 1. The Labute approximate surface area is 145 Å². The average Bonchev–Trinajstić information content (AvgIpc) is 3.06. The maximum Gasteiger partial charge on any atom is 0.419 e. The molecular weight excluding hydrogens is 346 g/mol. The molecule has 3 atom stereocenters. The molecule has 25 heavy (non-hydrogen) atoms. The summed E-state index contributed by atoms with van der Waals surface area (Å²) in [4.78, 5) is 14.0. The van der Waals surface area contributed by atoms with E-state index in [4.69, 9.17) is 9.15 Å². The number of morpholine rings is 1. The summed E-state index contributed by atoms with van der Waals surface area (Å²) >= 11 is 0. The van der Waals surface area contributed by atoms with Crippen LogP contribution in [0.4, 0.5) is 0 Å². The van der Waals surface area contributed by atoms with Crippen molar-refractivity contribution in [2.45, 2.75) is 36.4 Å². The molecule has 8 nitrogen and oxygen atoms in total. The van der Waals surface area contributed by atoms with Gasteiger partial charge in [-0.15, -0.1) is 0 Å². The highest BCUT2D eigenvalue weighted by Gasteiger charge is 2.38. The summed E-state index contributed by atoms with van der Waals surface area (Å²) in [6.07, 6.45) is 0.912. The lowest BCUT2D eigenvalue weighted by Gasteiger charge is -2.33. The molecule has 9 heteroatoms. The van der Waals surface area contributed by atoms with Crippen LogP contribution in [0.5, 0.6) is 0 Å². The van der Waals surface area contributed by atoms with Gasteiger partial charge in [0.1, 0.15) is 0 Å². The minimum Gasteiger partial charge on any atom is -0.408 e. The Morgan fingerprint density at radius 1 is 1.28 bits per heavy atom. The quantitative estimate of drug-likeness (QED) is 0.837. The van der Waals surface area contributed by atoms with Gasteiger partial charge in [-0.1, -0.05) is 0 Å². The van der Waals surface area contributed by atoms with Gasteiger partial charge < -0.3 is 9.15 Å². The smallest absolute Gasteiger partial charge is 0.408 e. The Bertz CT molecular complexity index is 964. The van der Waals surface area contributed by atoms with Crippen LogP contribution in [0.15, 0.2) is 32.3 Å². The molecule has 4 rings (SSSR count). The standard InChI is InChI=1S/C16H21N3O5S/c1-10-7-19-8-11(5-12(19)9-23-10)17-25(21,22)13-3-4-15-14(6-13)18(2)16(20)24-15/h3-4,6,10-12,17H,5,7-9H2,1-2H3/t10-,11-,12+/m1/s1. The van der Waals surface area contributed by atoms with Crippen LogP contribution < -0.4 is 10.5 Å². The summed E-state index contributed by atoms with van der Waals surface area (Å²) in [7, 11) is -2.12. The first-order valence-electron chi connectivity index (χ1n) is 8.31. The van der Waals surface area contributed by atoms with Crippen LogP contribution in [0, 0.1) is 0 Å². The Morgan fingerprint density at radius 2 is 2.08 bits per heavy atom. The first-order chi connectivity index (χ1) is 11.8. The molecule has 0 saturated carbocycles. The number of fused-ring (bicyclic) bond motifs is 2. The van der Waals surface area contributed by atoms with Gasteiger partial charge >= 0.3 is 5.76 Å². The number of sulfonamides is 1. The molecule has 0 amide bonds. The van der Waals surface area contributed by atoms with Gasteiger partial charge in [-0.25, -0.2) is 17.9 Å². The molecule has 0 aliphatic carbocycles. The molecule has 3 heterocycles. The Kier molecular flexibility index (Phi) is 3.99. The molecule has 136 valence electrons. The highest BCUT2D eigenvalue weighted by atomic mass is 32.2. The largest absolute Gasteiger partial charge is 0.419 e. The summed E-state index contributed by atoms with van der Waals surface area (Å²) in [5.74, 6) is -0.515. The summed E-state index contributed by atoms with van der Waals surface area (Å²) in [5.41, 5.74) is 0.828. The summed E-state index contributed by atoms with van der Waals surface area (Å²) in [6, 6.07) is 4.56. The van der Waals surface area contributed by atoms with Crippen molar-refractivity contribution < 1.29 is 17.6 Å². The van der Waals surface area contributed by atoms with Gasteiger partial charge in [-0.3, -0.25) is 9.47 Å². The van der Waals surface area contributed by atoms with Crippen molar-refractivity contribution in [3.05, 3.63) is 28.7 Å². The van der Waals surface area contributed by atoms with Gasteiger partial charge in [0.2, 0.25) is 10.0 Å². The molecule has 0 radical (unpaired) electrons. The molecule has 2 aliphatic rings. The maximum atomic E-state index is 12.7. The van der Waals surface area contributed by atoms with E-state index in [0.717, 1.165) is 13.0 Å². The number of nitrogens with one attached hydrogen (secondary N) is 1. The zero-order chi connectivity index (χ0) is 17.8. The SMILES string of the molecule is C[C@@H]1CN2C[C@H](NS(=O)(=O)c3ccc4oc(=O)n(C)c4c3)C[C@H]2CO1. The second-order valence-electron chi connectivity index (χ2n) is 6.86. The van der Waals surface area contributed by atoms with E-state index in [1.165, 1.54) is 22.8 Å². The van der Waals surface area contributed by atoms with E-state index in [0.29, 0.717) is 24.3 Å². The first kappa shape index (κ1) is 16.8. The third-order valence-corrected chi connectivity index (χ3v) is 6.51. The molecule has 0 unspecified atom stereocenters. The lowest BCUT2D eigenvalue weighted by Crippen LogP contribution is -2.45. The lowest BCUT2D eigenvalue weighted by molar-refractivity contribution is -0.0390. The van der Waals surface area contributed by atoms with Crippen molar-refractivity contribution in [3.63, 3.8) is 0 Å². The molecule has 0 spiro atoms. The van der Waals surface area contributed by atoms with Crippen molar-refractivity contribution in [2.24, 2.45) is 7.05 Å². The number of nitrogens with zero attached hydrogens (tertiary/aromatic N) is 2. The minimum atomic E-state index is -3.67. The van der Waals surface area contributed by atoms with Gasteiger partial charge in [-0.05, 0) is 31.5 Å². The molecule has 2 aliphatic heterocycles. The molecule has 2 fully saturated rings. The number of aromatic nitrogens is 1. The fourth-order valence-corrected chi connectivity index (χ4v) is 4.95. The van der Waals surface area contributed by atoms with Gasteiger partial charge in [0.05, 0.1) is 23.1 Å². The highest BCUT2D eigenvalue weighted by molar-refractivity contribution is 7.89. The number of hydrogen-bond donors (Lipinski definition) is 1. The molecule has 1 aromatic carbocycles. The fourth-order valence-electron chi connectivity index (χ4n) is 3.69. The number of benzene rings is 1. The van der Waals surface area contributed by atoms with E-state index in [2.05, 4.69) is 9.62 Å². The highest BCUT2D eigenvalue weighted by Crippen LogP contribution is 2.25. The fraction of sp³-hybridized carbons (Fsp3) is 0.562. The van der Waals surface area contributed by atoms with E-state index in [1.807, 2.05) is 6.92 Å². The predicted molar refractivity (Wildman–Crippen MR) is 91.0 cm³/mol. The topological polar surface area (TPSA) is 93.8 Å². The van der Waals surface area contributed by atoms with Crippen molar-refractivity contribution in [1.29, 1.82) is 0 Å². The van der Waals surface area contributed by atoms with Crippen LogP contribution in [0.2, 0.25) is 0 Å². The lowest BCUT2D eigenvalue weighted by atomic mass is 10.2. The third-order valence-electron chi connectivity index (χ3n) is 4.99. The zero-order valence-corrected chi connectivity index (χ0v) is 15.0. The molecule has 0 bridgehead atoms. The average molecular weight is 367 g/mol. The molecule has 2 aromatic rings. The van der Waals surface area contributed by atoms with Crippen molar-refractivity contribution >= 4 is 21.1 Å². The first-order valence-corrected chi connectivity index (χ1v) is 9.79. The second kappa shape index (κ2) is 5.94. The molecular formula is C16H21N3O5S. The summed E-state index contributed by atoms with van der Waals surface area (Å²) in [5, 5.41) is 0. The Morgan fingerprint density at radius 3 is 2.88 bits per heavy atom. The number of hydrogen-bond acceptors (Lipinski definition) is 6. The zero-order valence-electron chi connectivity index (χ0n) is 14.1. The third kappa shape index (κ3) is 3.01. The normalized spacial score (nSPS) is 27.7. The molecule has 2 saturated heterocycles. The van der Waals surface area contributed by atoms with E-state index in [9.17, 15) is 13.2 Å². The Balaban J connectivity index is 1.56. The molecule has 1 aromatic heterocycles. The van der Waals surface area contributed by atoms with E-state index >= 15 is 0 Å². The van der Waals surface area contributed by atoms with Crippen molar-refractivity contribution in [3.8, 4) is 0 Å². The maximum absolute atomic E-state index is 12.7. The summed E-state index contributed by atoms with van der Waals surface area (Å²) < 4.78 is 40.3. The van der Waals surface area contributed by atoms with Crippen LogP contribution in [0.25, 0.3) is 11.1 Å². The Hall–Kier alpha value is -1.68. The van der Waals surface area contributed by atoms with Gasteiger partial charge in [0, 0.05) is 32.2 Å². The van der Waals surface area contributed by atoms with Crippen LogP contribution >= 0.6 is 0 Å². The minimum absolute atomic E-state index is 0.130. The second-order valence-corrected chi connectivity index (χ2v) is 8.58.